The van der Waals surface area contributed by atoms with Crippen LogP contribution in [-0.2, 0) is 14.9 Å². The Morgan fingerprint density at radius 1 is 1.14 bits per heavy atom. The first-order valence-electron chi connectivity index (χ1n) is 11.0. The van der Waals surface area contributed by atoms with Gasteiger partial charge in [0, 0.05) is 52.0 Å². The zero-order chi connectivity index (χ0) is 20.5. The van der Waals surface area contributed by atoms with Gasteiger partial charge in [0.05, 0.1) is 6.54 Å². The van der Waals surface area contributed by atoms with Gasteiger partial charge in [-0.15, -0.1) is 0 Å². The number of benzene rings is 1. The first-order chi connectivity index (χ1) is 14.1. The fraction of sp³-hybridized carbons (Fsp3) is 0.696. The maximum atomic E-state index is 13.5. The van der Waals surface area contributed by atoms with Gasteiger partial charge in [0.25, 0.3) is 0 Å². The van der Waals surface area contributed by atoms with E-state index in [1.807, 2.05) is 12.1 Å². The van der Waals surface area contributed by atoms with Gasteiger partial charge >= 0.3 is 0 Å². The van der Waals surface area contributed by atoms with E-state index in [1.54, 1.807) is 12.1 Å². The molecule has 0 amide bonds. The fourth-order valence-electron chi connectivity index (χ4n) is 4.32. The van der Waals surface area contributed by atoms with Crippen molar-refractivity contribution in [3.8, 4) is 0 Å². The highest BCUT2D eigenvalue weighted by Crippen LogP contribution is 2.35. The van der Waals surface area contributed by atoms with Crippen LogP contribution in [0, 0.1) is 11.7 Å². The molecule has 0 unspecified atom stereocenters. The molecule has 1 aromatic carbocycles. The lowest BCUT2D eigenvalue weighted by Crippen LogP contribution is -2.42. The van der Waals surface area contributed by atoms with E-state index < -0.39 is 0 Å². The van der Waals surface area contributed by atoms with Gasteiger partial charge in [-0.2, -0.15) is 0 Å². The van der Waals surface area contributed by atoms with E-state index in [1.165, 1.54) is 6.42 Å². The third-order valence-corrected chi connectivity index (χ3v) is 6.35. The van der Waals surface area contributed by atoms with Crippen molar-refractivity contribution in [1.82, 2.24) is 10.2 Å². The molecule has 3 rings (SSSR count). The van der Waals surface area contributed by atoms with Crippen LogP contribution in [0.4, 0.5) is 4.39 Å². The van der Waals surface area contributed by atoms with Gasteiger partial charge in [0.15, 0.2) is 5.96 Å². The minimum atomic E-state index is -0.194. The second kappa shape index (κ2) is 10.9. The number of halogens is 1. The van der Waals surface area contributed by atoms with Crippen LogP contribution in [0.1, 0.15) is 44.6 Å². The number of guanidine groups is 1. The lowest BCUT2D eigenvalue weighted by atomic mass is 9.74. The van der Waals surface area contributed by atoms with Crippen molar-refractivity contribution in [2.75, 3.05) is 53.1 Å². The molecule has 0 radical (unpaired) electrons. The van der Waals surface area contributed by atoms with Crippen molar-refractivity contribution in [2.24, 2.45) is 10.9 Å². The van der Waals surface area contributed by atoms with Crippen LogP contribution < -0.4 is 5.32 Å². The highest BCUT2D eigenvalue weighted by molar-refractivity contribution is 5.79. The predicted octanol–water partition coefficient (Wildman–Crippen LogP) is 3.59. The molecule has 5 nitrogen and oxygen atoms in total. The Hall–Kier alpha value is -1.66. The molecule has 1 aromatic rings. The topological polar surface area (TPSA) is 46.1 Å². The first-order valence-corrected chi connectivity index (χ1v) is 11.0. The van der Waals surface area contributed by atoms with Crippen molar-refractivity contribution in [2.45, 2.75) is 44.4 Å². The Labute approximate surface area is 174 Å². The molecule has 0 spiro atoms. The molecule has 6 heteroatoms. The molecule has 29 heavy (non-hydrogen) atoms. The Kier molecular flexibility index (Phi) is 8.30. The molecule has 2 heterocycles. The van der Waals surface area contributed by atoms with Crippen LogP contribution in [-0.4, -0.2) is 64.0 Å². The molecule has 0 atom stereocenters. The Balaban J connectivity index is 1.69. The molecule has 1 N–H and O–H groups in total. The Bertz CT molecular complexity index is 638. The number of rotatable bonds is 7. The van der Waals surface area contributed by atoms with Crippen LogP contribution in [0.15, 0.2) is 29.3 Å². The number of aliphatic imine (C=N–C) groups is 1. The summed E-state index contributed by atoms with van der Waals surface area (Å²) >= 11 is 0. The second-order valence-electron chi connectivity index (χ2n) is 8.34. The largest absolute Gasteiger partial charge is 0.381 e. The molecule has 2 saturated heterocycles. The third-order valence-electron chi connectivity index (χ3n) is 6.35. The lowest BCUT2D eigenvalue weighted by Gasteiger charge is -2.37. The molecule has 0 aromatic heterocycles. The van der Waals surface area contributed by atoms with Gasteiger partial charge in [0.1, 0.15) is 5.82 Å². The summed E-state index contributed by atoms with van der Waals surface area (Å²) in [6.45, 7) is 7.86. The summed E-state index contributed by atoms with van der Waals surface area (Å²) in [7, 11) is 2.12. The van der Waals surface area contributed by atoms with E-state index in [0.717, 1.165) is 82.6 Å². The zero-order valence-electron chi connectivity index (χ0n) is 18.0. The number of hydrogen-bond acceptors (Lipinski definition) is 3. The van der Waals surface area contributed by atoms with Crippen LogP contribution in [0.25, 0.3) is 0 Å². The number of hydrogen-bond donors (Lipinski definition) is 1. The zero-order valence-corrected chi connectivity index (χ0v) is 18.0. The van der Waals surface area contributed by atoms with E-state index in [4.69, 9.17) is 14.5 Å². The molecule has 2 fully saturated rings. The van der Waals surface area contributed by atoms with Crippen LogP contribution in [0.2, 0.25) is 0 Å². The molecule has 2 aliphatic rings. The number of ether oxygens (including phenoxy) is 2. The predicted molar refractivity (Wildman–Crippen MR) is 115 cm³/mol. The van der Waals surface area contributed by atoms with Crippen molar-refractivity contribution in [3.05, 3.63) is 35.6 Å². The SMILES string of the molecule is CCNC(=NCC1(c2ccc(F)cc2)CCOCC1)N(C)CCC1CCOCC1. The molecular weight excluding hydrogens is 369 g/mol. The highest BCUT2D eigenvalue weighted by Gasteiger charge is 2.34. The van der Waals surface area contributed by atoms with E-state index in [0.29, 0.717) is 6.54 Å². The van der Waals surface area contributed by atoms with Gasteiger partial charge in [-0.25, -0.2) is 4.39 Å². The summed E-state index contributed by atoms with van der Waals surface area (Å²) < 4.78 is 24.6. The minimum Gasteiger partial charge on any atom is -0.381 e. The quantitative estimate of drug-likeness (QED) is 0.556. The minimum absolute atomic E-state index is 0.0891. The summed E-state index contributed by atoms with van der Waals surface area (Å²) in [5, 5.41) is 3.45. The Morgan fingerprint density at radius 2 is 1.79 bits per heavy atom. The first kappa shape index (κ1) is 22.0. The van der Waals surface area contributed by atoms with Crippen molar-refractivity contribution in [1.29, 1.82) is 0 Å². The molecule has 162 valence electrons. The summed E-state index contributed by atoms with van der Waals surface area (Å²) in [6, 6.07) is 6.94. The van der Waals surface area contributed by atoms with Crippen molar-refractivity contribution in [3.63, 3.8) is 0 Å². The van der Waals surface area contributed by atoms with Crippen LogP contribution in [0.3, 0.4) is 0 Å². The van der Waals surface area contributed by atoms with E-state index >= 15 is 0 Å². The van der Waals surface area contributed by atoms with E-state index in [9.17, 15) is 4.39 Å². The summed E-state index contributed by atoms with van der Waals surface area (Å²) in [5.74, 6) is 1.50. The number of nitrogens with zero attached hydrogens (tertiary/aromatic N) is 2. The maximum Gasteiger partial charge on any atom is 0.193 e. The van der Waals surface area contributed by atoms with Gasteiger partial charge in [-0.3, -0.25) is 4.99 Å². The fourth-order valence-corrected chi connectivity index (χ4v) is 4.32. The van der Waals surface area contributed by atoms with Crippen LogP contribution in [0.5, 0.6) is 0 Å². The summed E-state index contributed by atoms with van der Waals surface area (Å²) in [6.07, 6.45) is 5.31. The average Bonchev–Trinajstić information content (AvgIpc) is 2.77. The molecule has 0 saturated carbocycles. The van der Waals surface area contributed by atoms with Gasteiger partial charge in [-0.1, -0.05) is 12.1 Å². The molecule has 0 aliphatic carbocycles. The van der Waals surface area contributed by atoms with E-state index in [2.05, 4.69) is 24.2 Å². The monoisotopic (exact) mass is 405 g/mol. The van der Waals surface area contributed by atoms with Crippen LogP contribution >= 0.6 is 0 Å². The number of nitrogens with one attached hydrogen (secondary N) is 1. The van der Waals surface area contributed by atoms with Gasteiger partial charge < -0.3 is 19.7 Å². The lowest BCUT2D eigenvalue weighted by molar-refractivity contribution is 0.0529. The van der Waals surface area contributed by atoms with Gasteiger partial charge in [-0.05, 0) is 62.6 Å². The summed E-state index contributed by atoms with van der Waals surface area (Å²) in [4.78, 5) is 7.28. The highest BCUT2D eigenvalue weighted by atomic mass is 19.1. The normalized spacial score (nSPS) is 20.4. The Morgan fingerprint density at radius 3 is 2.45 bits per heavy atom. The average molecular weight is 406 g/mol. The van der Waals surface area contributed by atoms with Gasteiger partial charge in [0.2, 0.25) is 0 Å². The smallest absolute Gasteiger partial charge is 0.193 e. The molecular formula is C23H36FN3O2. The maximum absolute atomic E-state index is 13.5. The third kappa shape index (κ3) is 6.16. The standard InChI is InChI=1S/C23H36FN3O2/c1-3-25-22(27(2)13-8-19-9-14-28-15-10-19)26-18-23(11-16-29-17-12-23)20-4-6-21(24)7-5-20/h4-7,19H,3,8-18H2,1-2H3,(H,25,26). The van der Waals surface area contributed by atoms with E-state index in [-0.39, 0.29) is 11.2 Å². The molecule has 2 aliphatic heterocycles. The van der Waals surface area contributed by atoms with Crippen molar-refractivity contribution < 1.29 is 13.9 Å². The van der Waals surface area contributed by atoms with Crippen molar-refractivity contribution >= 4 is 5.96 Å². The molecule has 0 bridgehead atoms. The summed E-state index contributed by atoms with van der Waals surface area (Å²) in [5.41, 5.74) is 1.07. The second-order valence-corrected chi connectivity index (χ2v) is 8.34.